The van der Waals surface area contributed by atoms with E-state index >= 15 is 0 Å². The minimum atomic E-state index is -0.739. The molecule has 7 heteroatoms. The fourth-order valence-corrected chi connectivity index (χ4v) is 4.08. The standard InChI is InChI=1S/C32H34N2O5/c1-24-30(33-32(39-24)27-14-8-5-9-15-27)23-37-28-20-18-25(19-21-28)22-38-34-29(26-12-6-4-7-13-26)16-10-2-3-11-17-31(35)36/h4-9,12-15,18-21H,2-3,10-11,16-17,22-23H2,1H3,(H,35,36)/b34-29-. The van der Waals surface area contributed by atoms with Crippen molar-refractivity contribution in [1.82, 2.24) is 4.98 Å². The summed E-state index contributed by atoms with van der Waals surface area (Å²) in [6, 6.07) is 27.5. The van der Waals surface area contributed by atoms with Crippen LogP contribution in [0.1, 0.15) is 61.1 Å². The number of benzene rings is 3. The first-order valence-corrected chi connectivity index (χ1v) is 13.3. The SMILES string of the molecule is Cc1oc(-c2ccccc2)nc1COc1ccc(CO/N=C(/CCCCCCC(=O)O)c2ccccc2)cc1. The lowest BCUT2D eigenvalue weighted by atomic mass is 10.0. The summed E-state index contributed by atoms with van der Waals surface area (Å²) >= 11 is 0. The molecular weight excluding hydrogens is 492 g/mol. The number of hydrogen-bond acceptors (Lipinski definition) is 6. The molecule has 0 aliphatic carbocycles. The number of oxime groups is 1. The molecule has 0 unspecified atom stereocenters. The zero-order valence-electron chi connectivity index (χ0n) is 22.2. The average molecular weight is 527 g/mol. The number of ether oxygens (including phenoxy) is 1. The number of unbranched alkanes of at least 4 members (excludes halogenated alkanes) is 3. The lowest BCUT2D eigenvalue weighted by Crippen LogP contribution is -2.03. The average Bonchev–Trinajstić information content (AvgIpc) is 3.34. The number of rotatable bonds is 15. The van der Waals surface area contributed by atoms with Gasteiger partial charge in [0.2, 0.25) is 5.89 Å². The van der Waals surface area contributed by atoms with Crippen LogP contribution in [0.5, 0.6) is 5.75 Å². The summed E-state index contributed by atoms with van der Waals surface area (Å²) in [7, 11) is 0. The molecule has 3 aromatic carbocycles. The lowest BCUT2D eigenvalue weighted by molar-refractivity contribution is -0.137. The van der Waals surface area contributed by atoms with Crippen LogP contribution >= 0.6 is 0 Å². The maximum Gasteiger partial charge on any atom is 0.303 e. The molecule has 39 heavy (non-hydrogen) atoms. The van der Waals surface area contributed by atoms with E-state index < -0.39 is 5.97 Å². The zero-order chi connectivity index (χ0) is 27.3. The molecule has 0 spiro atoms. The van der Waals surface area contributed by atoms with Crippen molar-refractivity contribution in [3.8, 4) is 17.2 Å². The third-order valence-corrected chi connectivity index (χ3v) is 6.28. The van der Waals surface area contributed by atoms with Crippen molar-refractivity contribution in [2.24, 2.45) is 5.16 Å². The van der Waals surface area contributed by atoms with Crippen molar-refractivity contribution in [3.05, 3.63) is 108 Å². The van der Waals surface area contributed by atoms with Gasteiger partial charge < -0.3 is 19.1 Å². The van der Waals surface area contributed by atoms with E-state index in [-0.39, 0.29) is 6.42 Å². The highest BCUT2D eigenvalue weighted by molar-refractivity contribution is 6.00. The van der Waals surface area contributed by atoms with Crippen molar-refractivity contribution >= 4 is 11.7 Å². The van der Waals surface area contributed by atoms with Crippen LogP contribution < -0.4 is 4.74 Å². The molecule has 0 radical (unpaired) electrons. The second kappa shape index (κ2) is 14.5. The van der Waals surface area contributed by atoms with Crippen LogP contribution in [-0.4, -0.2) is 21.8 Å². The van der Waals surface area contributed by atoms with Gasteiger partial charge in [0.05, 0.1) is 5.71 Å². The Morgan fingerprint density at radius 1 is 0.846 bits per heavy atom. The maximum absolute atomic E-state index is 10.7. The first-order valence-electron chi connectivity index (χ1n) is 13.3. The Kier molecular flexibility index (Phi) is 10.3. The van der Waals surface area contributed by atoms with Crippen molar-refractivity contribution in [1.29, 1.82) is 0 Å². The molecule has 0 bridgehead atoms. The summed E-state index contributed by atoms with van der Waals surface area (Å²) in [6.07, 6.45) is 4.49. The molecule has 4 rings (SSSR count). The van der Waals surface area contributed by atoms with Gasteiger partial charge in [-0.3, -0.25) is 4.79 Å². The van der Waals surface area contributed by atoms with Crippen LogP contribution in [0.3, 0.4) is 0 Å². The number of carboxylic acid groups (broad SMARTS) is 1. The van der Waals surface area contributed by atoms with Gasteiger partial charge in [-0.25, -0.2) is 4.98 Å². The van der Waals surface area contributed by atoms with E-state index in [1.807, 2.05) is 91.9 Å². The summed E-state index contributed by atoms with van der Waals surface area (Å²) < 4.78 is 11.8. The molecule has 202 valence electrons. The molecule has 0 amide bonds. The molecule has 1 heterocycles. The second-order valence-electron chi connectivity index (χ2n) is 9.31. The molecule has 7 nitrogen and oxygen atoms in total. The van der Waals surface area contributed by atoms with Crippen LogP contribution in [0.4, 0.5) is 0 Å². The summed E-state index contributed by atoms with van der Waals surface area (Å²) in [5.41, 5.74) is 4.61. The Morgan fingerprint density at radius 2 is 1.51 bits per heavy atom. The number of aromatic nitrogens is 1. The Balaban J connectivity index is 1.27. The molecule has 0 atom stereocenters. The summed E-state index contributed by atoms with van der Waals surface area (Å²) in [5.74, 6) is 1.33. The Labute approximate surface area is 229 Å². The number of nitrogens with zero attached hydrogens (tertiary/aromatic N) is 2. The van der Waals surface area contributed by atoms with Gasteiger partial charge in [0.1, 0.15) is 30.4 Å². The van der Waals surface area contributed by atoms with Gasteiger partial charge in [-0.2, -0.15) is 0 Å². The number of oxazole rings is 1. The number of hydrogen-bond donors (Lipinski definition) is 1. The number of aliphatic carboxylic acids is 1. The number of aryl methyl sites for hydroxylation is 1. The van der Waals surface area contributed by atoms with Crippen molar-refractivity contribution in [2.45, 2.75) is 58.7 Å². The molecule has 0 fully saturated rings. The summed E-state index contributed by atoms with van der Waals surface area (Å²) in [4.78, 5) is 21.0. The predicted octanol–water partition coefficient (Wildman–Crippen LogP) is 7.58. The fraction of sp³-hybridized carbons (Fsp3) is 0.281. The molecule has 0 saturated heterocycles. The molecule has 0 aliphatic rings. The van der Waals surface area contributed by atoms with Crippen LogP contribution in [0.25, 0.3) is 11.5 Å². The zero-order valence-corrected chi connectivity index (χ0v) is 22.2. The first kappa shape index (κ1) is 27.6. The van der Waals surface area contributed by atoms with E-state index in [0.717, 1.165) is 65.3 Å². The van der Waals surface area contributed by atoms with E-state index in [1.54, 1.807) is 0 Å². The summed E-state index contributed by atoms with van der Waals surface area (Å²) in [5, 5.41) is 13.2. The van der Waals surface area contributed by atoms with Crippen LogP contribution in [0.15, 0.2) is 94.5 Å². The normalized spacial score (nSPS) is 11.4. The summed E-state index contributed by atoms with van der Waals surface area (Å²) in [6.45, 7) is 2.55. The third-order valence-electron chi connectivity index (χ3n) is 6.28. The first-order chi connectivity index (χ1) is 19.1. The quantitative estimate of drug-likeness (QED) is 0.0975. The second-order valence-corrected chi connectivity index (χ2v) is 9.31. The van der Waals surface area contributed by atoms with Crippen LogP contribution in [0.2, 0.25) is 0 Å². The highest BCUT2D eigenvalue weighted by Crippen LogP contribution is 2.23. The monoisotopic (exact) mass is 526 g/mol. The van der Waals surface area contributed by atoms with E-state index in [1.165, 1.54) is 0 Å². The van der Waals surface area contributed by atoms with Gasteiger partial charge in [-0.05, 0) is 61.6 Å². The molecule has 1 aromatic heterocycles. The Morgan fingerprint density at radius 3 is 2.21 bits per heavy atom. The highest BCUT2D eigenvalue weighted by atomic mass is 16.6. The maximum atomic E-state index is 10.7. The van der Waals surface area contributed by atoms with Gasteiger partial charge >= 0.3 is 5.97 Å². The van der Waals surface area contributed by atoms with E-state index in [0.29, 0.717) is 25.5 Å². The van der Waals surface area contributed by atoms with Gasteiger partial charge in [-0.15, -0.1) is 0 Å². The smallest absolute Gasteiger partial charge is 0.303 e. The topological polar surface area (TPSA) is 94.2 Å². The molecule has 1 N–H and O–H groups in total. The van der Waals surface area contributed by atoms with Crippen molar-refractivity contribution in [2.75, 3.05) is 0 Å². The van der Waals surface area contributed by atoms with Gasteiger partial charge in [0.15, 0.2) is 0 Å². The van der Waals surface area contributed by atoms with Crippen LogP contribution in [-0.2, 0) is 22.8 Å². The minimum Gasteiger partial charge on any atom is -0.487 e. The van der Waals surface area contributed by atoms with E-state index in [9.17, 15) is 4.79 Å². The third kappa shape index (κ3) is 8.85. The lowest BCUT2D eigenvalue weighted by Gasteiger charge is -2.08. The fourth-order valence-electron chi connectivity index (χ4n) is 4.08. The van der Waals surface area contributed by atoms with Gasteiger partial charge in [-0.1, -0.05) is 78.7 Å². The van der Waals surface area contributed by atoms with E-state index in [2.05, 4.69) is 10.1 Å². The molecule has 0 aliphatic heterocycles. The van der Waals surface area contributed by atoms with Crippen molar-refractivity contribution < 1.29 is 23.9 Å². The molecular formula is C32H34N2O5. The van der Waals surface area contributed by atoms with Gasteiger partial charge in [0.25, 0.3) is 0 Å². The highest BCUT2D eigenvalue weighted by Gasteiger charge is 2.12. The van der Waals surface area contributed by atoms with Gasteiger partial charge in [0, 0.05) is 12.0 Å². The Bertz CT molecular complexity index is 1330. The van der Waals surface area contributed by atoms with Crippen LogP contribution in [0, 0.1) is 6.92 Å². The van der Waals surface area contributed by atoms with E-state index in [4.69, 9.17) is 19.1 Å². The van der Waals surface area contributed by atoms with Crippen molar-refractivity contribution in [3.63, 3.8) is 0 Å². The largest absolute Gasteiger partial charge is 0.487 e. The molecule has 4 aromatic rings. The predicted molar refractivity (Wildman–Crippen MR) is 151 cm³/mol. The Hall–Kier alpha value is -4.39. The number of carboxylic acids is 1. The molecule has 0 saturated carbocycles. The number of carbonyl (C=O) groups is 1. The minimum absolute atomic E-state index is 0.224.